The molecule has 1 amide bonds. The predicted molar refractivity (Wildman–Crippen MR) is 166 cm³/mol. The van der Waals surface area contributed by atoms with Crippen molar-refractivity contribution in [2.75, 3.05) is 45.7 Å². The van der Waals surface area contributed by atoms with Crippen LogP contribution in [0.2, 0.25) is 0 Å². The van der Waals surface area contributed by atoms with Gasteiger partial charge in [0, 0.05) is 35.8 Å². The number of likely N-dealkylation sites (N-methyl/N-ethyl adjacent to an activating group) is 1. The van der Waals surface area contributed by atoms with Gasteiger partial charge in [-0.3, -0.25) is 9.20 Å². The number of carboxylic acids is 2. The molecule has 46 heavy (non-hydrogen) atoms. The van der Waals surface area contributed by atoms with E-state index in [-0.39, 0.29) is 34.8 Å². The lowest BCUT2D eigenvalue weighted by Crippen LogP contribution is -2.51. The van der Waals surface area contributed by atoms with Gasteiger partial charge in [0.25, 0.3) is 5.91 Å². The zero-order valence-electron chi connectivity index (χ0n) is 25.8. The highest BCUT2D eigenvalue weighted by Crippen LogP contribution is 2.31. The first-order valence-electron chi connectivity index (χ1n) is 14.8. The van der Waals surface area contributed by atoms with Crippen LogP contribution >= 0.6 is 0 Å². The number of nitrogens with one attached hydrogen (secondary N) is 2. The Morgan fingerprint density at radius 2 is 1.74 bits per heavy atom. The van der Waals surface area contributed by atoms with E-state index in [9.17, 15) is 23.2 Å². The van der Waals surface area contributed by atoms with Gasteiger partial charge in [0.15, 0.2) is 36.1 Å². The van der Waals surface area contributed by atoms with Crippen LogP contribution in [0.1, 0.15) is 42.1 Å². The Labute approximate surface area is 264 Å². The van der Waals surface area contributed by atoms with Crippen molar-refractivity contribution in [3.8, 4) is 17.0 Å². The molecule has 0 atom stereocenters. The highest BCUT2D eigenvalue weighted by Gasteiger charge is 2.28. The number of anilines is 2. The van der Waals surface area contributed by atoms with Crippen molar-refractivity contribution in [2.45, 2.75) is 32.6 Å². The number of carboxylic acid groups (broad SMARTS) is 2. The maximum absolute atomic E-state index is 14.8. The van der Waals surface area contributed by atoms with E-state index in [1.165, 1.54) is 31.6 Å². The summed E-state index contributed by atoms with van der Waals surface area (Å²) in [5.74, 6) is -4.29. The van der Waals surface area contributed by atoms with Crippen molar-refractivity contribution in [1.29, 1.82) is 0 Å². The van der Waals surface area contributed by atoms with Gasteiger partial charge < -0.3 is 30.1 Å². The van der Waals surface area contributed by atoms with E-state index in [1.54, 1.807) is 29.8 Å². The third kappa shape index (κ3) is 7.93. The van der Waals surface area contributed by atoms with Gasteiger partial charge in [-0.2, -0.15) is 4.39 Å². The number of hydrogen-bond acceptors (Lipinski definition) is 7. The summed E-state index contributed by atoms with van der Waals surface area (Å²) in [5.41, 5.74) is 2.70. The van der Waals surface area contributed by atoms with Gasteiger partial charge in [-0.05, 0) is 61.6 Å². The standard InChI is InChI=1S/C32H36F2N6O6/c1-4-20-16-21(8-9-22(20)32(45)36-12-6-5-7-15-40(2,18-26(41)42)19-27(43)44)38-30-31-37-17-24(39(31)14-13-35-30)23-10-11-25(46-3)29(34)28(23)33/h8-11,13-14,16-17H,4-7,12,15,18-19H2,1-3H3,(H3-,35,36,38,41,42,43,44,45)/p+1. The highest BCUT2D eigenvalue weighted by molar-refractivity contribution is 5.96. The Morgan fingerprint density at radius 1 is 1.00 bits per heavy atom. The molecule has 0 fully saturated rings. The number of fused-ring (bicyclic) bond motifs is 1. The van der Waals surface area contributed by atoms with Crippen LogP contribution in [0, 0.1) is 11.6 Å². The molecule has 4 aromatic rings. The summed E-state index contributed by atoms with van der Waals surface area (Å²) in [7, 11) is 2.88. The minimum atomic E-state index is -1.09. The largest absolute Gasteiger partial charge is 0.494 e. The number of ether oxygens (including phenoxy) is 1. The maximum atomic E-state index is 14.8. The number of halogens is 2. The SMILES string of the molecule is CCc1cc(Nc2nccn3c(-c4ccc(OC)c(F)c4F)cnc23)ccc1C(=O)NCCCCC[N+](C)(CC(=O)O)CC(=O)O. The van der Waals surface area contributed by atoms with Crippen molar-refractivity contribution >= 4 is 35.0 Å². The summed E-state index contributed by atoms with van der Waals surface area (Å²) >= 11 is 0. The fraction of sp³-hybridized carbons (Fsp3) is 0.344. The van der Waals surface area contributed by atoms with E-state index in [1.807, 2.05) is 13.0 Å². The van der Waals surface area contributed by atoms with E-state index < -0.39 is 23.6 Å². The Morgan fingerprint density at radius 3 is 2.41 bits per heavy atom. The molecule has 0 unspecified atom stereocenters. The molecule has 2 heterocycles. The minimum absolute atomic E-state index is 0.0144. The van der Waals surface area contributed by atoms with Crippen LogP contribution in [0.4, 0.5) is 20.3 Å². The molecule has 0 aliphatic rings. The van der Waals surface area contributed by atoms with E-state index in [4.69, 9.17) is 14.9 Å². The minimum Gasteiger partial charge on any atom is -0.494 e. The van der Waals surface area contributed by atoms with Crippen molar-refractivity contribution in [3.63, 3.8) is 0 Å². The van der Waals surface area contributed by atoms with Crippen LogP contribution in [0.3, 0.4) is 0 Å². The number of carbonyl (C=O) groups excluding carboxylic acids is 1. The Balaban J connectivity index is 1.39. The zero-order valence-corrected chi connectivity index (χ0v) is 25.8. The lowest BCUT2D eigenvalue weighted by molar-refractivity contribution is -0.895. The van der Waals surface area contributed by atoms with Gasteiger partial charge >= 0.3 is 11.9 Å². The molecule has 0 aliphatic carbocycles. The molecule has 0 aliphatic heterocycles. The summed E-state index contributed by atoms with van der Waals surface area (Å²) < 4.78 is 35.6. The average molecular weight is 640 g/mol. The Bertz CT molecular complexity index is 1730. The second-order valence-electron chi connectivity index (χ2n) is 11.2. The number of hydrogen-bond donors (Lipinski definition) is 4. The number of methoxy groups -OCH3 is 1. The van der Waals surface area contributed by atoms with Gasteiger partial charge in [-0.25, -0.2) is 23.9 Å². The summed E-state index contributed by atoms with van der Waals surface area (Å²) in [5, 5.41) is 24.4. The van der Waals surface area contributed by atoms with Gasteiger partial charge in [0.05, 0.1) is 32.6 Å². The number of benzene rings is 2. The number of aliphatic carboxylic acids is 2. The summed E-state index contributed by atoms with van der Waals surface area (Å²) in [4.78, 5) is 44.0. The lowest BCUT2D eigenvalue weighted by Gasteiger charge is -2.31. The molecule has 4 N–H and O–H groups in total. The number of unbranched alkanes of at least 4 members (excludes halogenated alkanes) is 2. The normalized spacial score (nSPS) is 11.4. The van der Waals surface area contributed by atoms with Gasteiger partial charge in [-0.1, -0.05) is 6.92 Å². The second-order valence-corrected chi connectivity index (χ2v) is 11.2. The quantitative estimate of drug-likeness (QED) is 0.102. The molecule has 12 nitrogen and oxygen atoms in total. The van der Waals surface area contributed by atoms with Crippen LogP contribution in [0.25, 0.3) is 16.9 Å². The van der Waals surface area contributed by atoms with Crippen molar-refractivity contribution in [3.05, 3.63) is 71.7 Å². The monoisotopic (exact) mass is 639 g/mol. The Hall–Kier alpha value is -5.11. The topological polar surface area (TPSA) is 155 Å². The van der Waals surface area contributed by atoms with Crippen LogP contribution in [-0.4, -0.2) is 87.2 Å². The summed E-state index contributed by atoms with van der Waals surface area (Å²) in [6, 6.07) is 8.06. The molecule has 0 radical (unpaired) electrons. The molecular weight excluding hydrogens is 602 g/mol. The van der Waals surface area contributed by atoms with Crippen LogP contribution in [0.15, 0.2) is 48.9 Å². The van der Waals surface area contributed by atoms with Crippen molar-refractivity contribution in [2.24, 2.45) is 0 Å². The number of rotatable bonds is 16. The molecule has 2 aromatic carbocycles. The average Bonchev–Trinajstić information content (AvgIpc) is 3.44. The van der Waals surface area contributed by atoms with Crippen molar-refractivity contribution < 1.29 is 42.6 Å². The van der Waals surface area contributed by atoms with E-state index in [0.29, 0.717) is 67.2 Å². The molecule has 0 saturated heterocycles. The van der Waals surface area contributed by atoms with Gasteiger partial charge in [0.2, 0.25) is 5.82 Å². The number of imidazole rings is 1. The predicted octanol–water partition coefficient (Wildman–Crippen LogP) is 4.51. The third-order valence-corrected chi connectivity index (χ3v) is 7.66. The van der Waals surface area contributed by atoms with Gasteiger partial charge in [-0.15, -0.1) is 0 Å². The number of nitrogens with zero attached hydrogens (tertiary/aromatic N) is 4. The van der Waals surface area contributed by atoms with Crippen LogP contribution in [0.5, 0.6) is 5.75 Å². The fourth-order valence-electron chi connectivity index (χ4n) is 5.38. The van der Waals surface area contributed by atoms with Crippen LogP contribution < -0.4 is 15.4 Å². The zero-order chi connectivity index (χ0) is 33.4. The fourth-order valence-corrected chi connectivity index (χ4v) is 5.38. The third-order valence-electron chi connectivity index (χ3n) is 7.66. The van der Waals surface area contributed by atoms with Gasteiger partial charge in [0.1, 0.15) is 0 Å². The molecule has 244 valence electrons. The molecule has 0 bridgehead atoms. The van der Waals surface area contributed by atoms with E-state index >= 15 is 0 Å². The van der Waals surface area contributed by atoms with Crippen LogP contribution in [-0.2, 0) is 16.0 Å². The maximum Gasteiger partial charge on any atom is 0.359 e. The number of amides is 1. The van der Waals surface area contributed by atoms with Crippen molar-refractivity contribution in [1.82, 2.24) is 19.7 Å². The first-order valence-corrected chi connectivity index (χ1v) is 14.8. The first kappa shape index (κ1) is 33.8. The first-order chi connectivity index (χ1) is 22.0. The Kier molecular flexibility index (Phi) is 10.9. The van der Waals surface area contributed by atoms with E-state index in [2.05, 4.69) is 20.6 Å². The number of quaternary nitrogens is 1. The second kappa shape index (κ2) is 14.8. The highest BCUT2D eigenvalue weighted by atomic mass is 19.2. The smallest absolute Gasteiger partial charge is 0.359 e. The summed E-state index contributed by atoms with van der Waals surface area (Å²) in [6.07, 6.45) is 7.10. The number of carbonyl (C=O) groups is 3. The summed E-state index contributed by atoms with van der Waals surface area (Å²) in [6.45, 7) is 2.21. The molecular formula is C32H37F2N6O6+. The number of aryl methyl sites for hydroxylation is 1. The number of aromatic nitrogens is 3. The van der Waals surface area contributed by atoms with E-state index in [0.717, 1.165) is 5.56 Å². The molecule has 4 rings (SSSR count). The lowest BCUT2D eigenvalue weighted by atomic mass is 10.0. The molecule has 14 heteroatoms. The molecule has 0 saturated carbocycles. The molecule has 0 spiro atoms. The molecule has 2 aromatic heterocycles.